The zero-order chi connectivity index (χ0) is 13.3. The number of rotatable bonds is 2. The van der Waals surface area contributed by atoms with E-state index in [0.717, 1.165) is 13.0 Å². The van der Waals surface area contributed by atoms with Gasteiger partial charge in [0.05, 0.1) is 17.4 Å². The van der Waals surface area contributed by atoms with E-state index in [0.29, 0.717) is 12.3 Å². The summed E-state index contributed by atoms with van der Waals surface area (Å²) in [7, 11) is -2.98. The Morgan fingerprint density at radius 1 is 1.26 bits per heavy atom. The summed E-state index contributed by atoms with van der Waals surface area (Å²) in [5.41, 5.74) is 0. The van der Waals surface area contributed by atoms with Crippen molar-refractivity contribution >= 4 is 28.2 Å². The van der Waals surface area contributed by atoms with Crippen LogP contribution in [-0.4, -0.2) is 44.5 Å². The van der Waals surface area contributed by atoms with Gasteiger partial charge in [0.2, 0.25) is 5.91 Å². The van der Waals surface area contributed by atoms with E-state index < -0.39 is 9.84 Å². The number of halogens is 1. The lowest BCUT2D eigenvalue weighted by Gasteiger charge is -2.36. The predicted molar refractivity (Wildman–Crippen MR) is 77.2 cm³/mol. The van der Waals surface area contributed by atoms with Gasteiger partial charge >= 0.3 is 0 Å². The molecule has 1 amide bonds. The summed E-state index contributed by atoms with van der Waals surface area (Å²) in [4.78, 5) is 12.1. The molecule has 2 aliphatic heterocycles. The third kappa shape index (κ3) is 4.07. The lowest BCUT2D eigenvalue weighted by molar-refractivity contribution is -0.125. The average Bonchev–Trinajstić information content (AvgIpc) is 2.64. The van der Waals surface area contributed by atoms with Gasteiger partial charge in [0.15, 0.2) is 9.84 Å². The molecular formula is C12H23ClN2O3S. The number of carbonyl (C=O) groups is 1. The molecule has 5 nitrogen and oxygen atoms in total. The Hall–Kier alpha value is -0.330. The Bertz CT molecular complexity index is 417. The van der Waals surface area contributed by atoms with E-state index in [1.807, 2.05) is 0 Å². The summed E-state index contributed by atoms with van der Waals surface area (Å²) in [6.07, 6.45) is 1.51. The van der Waals surface area contributed by atoms with Crippen molar-refractivity contribution in [1.82, 2.24) is 10.6 Å². The predicted octanol–water partition coefficient (Wildman–Crippen LogP) is 0.346. The first-order chi connectivity index (χ1) is 8.39. The first kappa shape index (κ1) is 16.7. The molecule has 0 radical (unpaired) electrons. The van der Waals surface area contributed by atoms with Crippen molar-refractivity contribution in [2.75, 3.05) is 18.1 Å². The van der Waals surface area contributed by atoms with E-state index in [4.69, 9.17) is 0 Å². The zero-order valence-corrected chi connectivity index (χ0v) is 13.0. The van der Waals surface area contributed by atoms with Crippen LogP contribution in [0.5, 0.6) is 0 Å². The monoisotopic (exact) mass is 310 g/mol. The normalized spacial score (nSPS) is 37.4. The first-order valence-electron chi connectivity index (χ1n) is 6.63. The van der Waals surface area contributed by atoms with Crippen molar-refractivity contribution in [2.24, 2.45) is 11.8 Å². The van der Waals surface area contributed by atoms with E-state index >= 15 is 0 Å². The molecule has 0 spiro atoms. The molecule has 4 atom stereocenters. The van der Waals surface area contributed by atoms with Crippen molar-refractivity contribution < 1.29 is 13.2 Å². The number of sulfone groups is 1. The quantitative estimate of drug-likeness (QED) is 0.771. The van der Waals surface area contributed by atoms with Gasteiger partial charge in [-0.05, 0) is 32.2 Å². The maximum absolute atomic E-state index is 12.1. The van der Waals surface area contributed by atoms with Crippen LogP contribution in [0.25, 0.3) is 0 Å². The van der Waals surface area contributed by atoms with Crippen LogP contribution < -0.4 is 10.6 Å². The molecule has 2 heterocycles. The van der Waals surface area contributed by atoms with E-state index in [-0.39, 0.29) is 47.8 Å². The SMILES string of the molecule is CC1CCNC(C)C1NC(=O)C1CCS(=O)(=O)C1.Cl. The number of hydrogen-bond acceptors (Lipinski definition) is 4. The van der Waals surface area contributed by atoms with Gasteiger partial charge in [-0.15, -0.1) is 12.4 Å². The molecule has 2 fully saturated rings. The standard InChI is InChI=1S/C12H22N2O3S.ClH/c1-8-3-5-13-9(2)11(8)14-12(15)10-4-6-18(16,17)7-10;/h8-11,13H,3-7H2,1-2H3,(H,14,15);1H. The zero-order valence-electron chi connectivity index (χ0n) is 11.4. The van der Waals surface area contributed by atoms with Crippen LogP contribution in [0, 0.1) is 11.8 Å². The molecule has 4 unspecified atom stereocenters. The highest BCUT2D eigenvalue weighted by Gasteiger charge is 2.36. The number of hydrogen-bond donors (Lipinski definition) is 2. The molecule has 7 heteroatoms. The molecule has 0 aromatic carbocycles. The van der Waals surface area contributed by atoms with Crippen LogP contribution in [0.4, 0.5) is 0 Å². The van der Waals surface area contributed by atoms with Gasteiger partial charge in [0.25, 0.3) is 0 Å². The Labute approximate surface area is 121 Å². The lowest BCUT2D eigenvalue weighted by Crippen LogP contribution is -2.56. The van der Waals surface area contributed by atoms with Crippen LogP contribution in [0.1, 0.15) is 26.7 Å². The van der Waals surface area contributed by atoms with Gasteiger partial charge in [-0.2, -0.15) is 0 Å². The van der Waals surface area contributed by atoms with Crippen molar-refractivity contribution in [3.05, 3.63) is 0 Å². The van der Waals surface area contributed by atoms with Crippen molar-refractivity contribution in [1.29, 1.82) is 0 Å². The van der Waals surface area contributed by atoms with E-state index in [2.05, 4.69) is 24.5 Å². The molecule has 112 valence electrons. The molecule has 0 saturated carbocycles. The molecule has 2 N–H and O–H groups in total. The second kappa shape index (κ2) is 6.41. The van der Waals surface area contributed by atoms with Gasteiger partial charge in [0.1, 0.15) is 0 Å². The highest BCUT2D eigenvalue weighted by Crippen LogP contribution is 2.21. The van der Waals surface area contributed by atoms with Crippen LogP contribution in [0.2, 0.25) is 0 Å². The lowest BCUT2D eigenvalue weighted by atomic mass is 9.88. The molecule has 2 rings (SSSR count). The van der Waals surface area contributed by atoms with Gasteiger partial charge < -0.3 is 10.6 Å². The van der Waals surface area contributed by atoms with Crippen LogP contribution in [-0.2, 0) is 14.6 Å². The summed E-state index contributed by atoms with van der Waals surface area (Å²) in [6.45, 7) is 5.17. The van der Waals surface area contributed by atoms with Gasteiger partial charge in [-0.25, -0.2) is 8.42 Å². The molecule has 0 aliphatic carbocycles. The topological polar surface area (TPSA) is 75.3 Å². The van der Waals surface area contributed by atoms with Gasteiger partial charge in [-0.1, -0.05) is 6.92 Å². The fraction of sp³-hybridized carbons (Fsp3) is 0.917. The third-order valence-corrected chi connectivity index (χ3v) is 5.90. The van der Waals surface area contributed by atoms with E-state index in [1.165, 1.54) is 0 Å². The van der Waals surface area contributed by atoms with Gasteiger partial charge in [0, 0.05) is 12.1 Å². The van der Waals surface area contributed by atoms with Gasteiger partial charge in [-0.3, -0.25) is 4.79 Å². The Morgan fingerprint density at radius 3 is 2.47 bits per heavy atom. The smallest absolute Gasteiger partial charge is 0.224 e. The number of carbonyl (C=O) groups excluding carboxylic acids is 1. The molecule has 2 saturated heterocycles. The Balaban J connectivity index is 0.00000180. The maximum Gasteiger partial charge on any atom is 0.224 e. The molecule has 0 bridgehead atoms. The minimum absolute atomic E-state index is 0. The van der Waals surface area contributed by atoms with Crippen LogP contribution in [0.15, 0.2) is 0 Å². The summed E-state index contributed by atoms with van der Waals surface area (Å²) in [5.74, 6) is 0.156. The van der Waals surface area contributed by atoms with Crippen molar-refractivity contribution in [2.45, 2.75) is 38.8 Å². The number of piperidine rings is 1. The second-order valence-corrected chi connectivity index (χ2v) is 7.87. The fourth-order valence-corrected chi connectivity index (χ4v) is 4.63. The summed E-state index contributed by atoms with van der Waals surface area (Å²) in [5, 5.41) is 6.37. The summed E-state index contributed by atoms with van der Waals surface area (Å²) in [6, 6.07) is 0.352. The van der Waals surface area contributed by atoms with Crippen LogP contribution >= 0.6 is 12.4 Å². The van der Waals surface area contributed by atoms with Crippen molar-refractivity contribution in [3.8, 4) is 0 Å². The highest BCUT2D eigenvalue weighted by atomic mass is 35.5. The largest absolute Gasteiger partial charge is 0.351 e. The minimum atomic E-state index is -2.98. The Morgan fingerprint density at radius 2 is 1.95 bits per heavy atom. The average molecular weight is 311 g/mol. The van der Waals surface area contributed by atoms with Crippen LogP contribution in [0.3, 0.4) is 0 Å². The highest BCUT2D eigenvalue weighted by molar-refractivity contribution is 7.91. The Kier molecular flexibility index (Phi) is 5.65. The molecule has 2 aliphatic rings. The maximum atomic E-state index is 12.1. The van der Waals surface area contributed by atoms with E-state index in [9.17, 15) is 13.2 Å². The van der Waals surface area contributed by atoms with Crippen molar-refractivity contribution in [3.63, 3.8) is 0 Å². The molecule has 0 aromatic rings. The first-order valence-corrected chi connectivity index (χ1v) is 8.45. The third-order valence-electron chi connectivity index (χ3n) is 4.13. The molecule has 0 aromatic heterocycles. The number of nitrogens with one attached hydrogen (secondary N) is 2. The van der Waals surface area contributed by atoms with E-state index in [1.54, 1.807) is 0 Å². The fourth-order valence-electron chi connectivity index (χ4n) is 2.89. The summed E-state index contributed by atoms with van der Waals surface area (Å²) >= 11 is 0. The second-order valence-electron chi connectivity index (χ2n) is 5.64. The molecular weight excluding hydrogens is 288 g/mol. The summed E-state index contributed by atoms with van der Waals surface area (Å²) < 4.78 is 22.7. The number of amides is 1. The minimum Gasteiger partial charge on any atom is -0.351 e. The molecule has 19 heavy (non-hydrogen) atoms.